The number of methoxy groups -OCH3 is 2. The number of hydrogen-bond acceptors (Lipinski definition) is 4. The van der Waals surface area contributed by atoms with Crippen molar-refractivity contribution < 1.29 is 9.47 Å². The van der Waals surface area contributed by atoms with Crippen molar-refractivity contribution >= 4 is 17.4 Å². The monoisotopic (exact) mass is 261 g/mol. The molecule has 0 saturated carbocycles. The average molecular weight is 261 g/mol. The fourth-order valence-corrected chi connectivity index (χ4v) is 2.54. The molecular weight excluding hydrogens is 246 g/mol. The van der Waals surface area contributed by atoms with Crippen molar-refractivity contribution in [3.63, 3.8) is 0 Å². The van der Waals surface area contributed by atoms with E-state index in [1.165, 1.54) is 0 Å². The lowest BCUT2D eigenvalue weighted by molar-refractivity contribution is 0.405. The fraction of sp³-hybridized carbons (Fsp3) is 0.143. The summed E-state index contributed by atoms with van der Waals surface area (Å²) in [6, 6.07) is 13.6. The highest BCUT2D eigenvalue weighted by Gasteiger charge is 2.06. The maximum absolute atomic E-state index is 5.79. The van der Waals surface area contributed by atoms with Crippen LogP contribution in [0.1, 0.15) is 0 Å². The Hall–Kier alpha value is -1.81. The molecule has 0 spiro atoms. The molecule has 2 rings (SSSR count). The zero-order valence-corrected chi connectivity index (χ0v) is 11.2. The lowest BCUT2D eigenvalue weighted by Crippen LogP contribution is -1.92. The molecule has 0 atom stereocenters. The standard InChI is InChI=1S/C14H15NO2S/c1-16-12-5-3-4-6-14(12)18-10-7-8-11(15)13(9-10)17-2/h3-9H,15H2,1-2H3. The lowest BCUT2D eigenvalue weighted by Gasteiger charge is -2.09. The molecule has 18 heavy (non-hydrogen) atoms. The van der Waals surface area contributed by atoms with Gasteiger partial charge in [-0.3, -0.25) is 0 Å². The van der Waals surface area contributed by atoms with Gasteiger partial charge in [-0.2, -0.15) is 0 Å². The zero-order valence-electron chi connectivity index (χ0n) is 10.3. The number of para-hydroxylation sites is 1. The molecule has 2 aromatic rings. The van der Waals surface area contributed by atoms with Crippen molar-refractivity contribution in [2.24, 2.45) is 0 Å². The Bertz CT molecular complexity index is 543. The molecule has 0 fully saturated rings. The molecule has 0 bridgehead atoms. The van der Waals surface area contributed by atoms with Gasteiger partial charge in [-0.15, -0.1) is 0 Å². The highest BCUT2D eigenvalue weighted by Crippen LogP contribution is 2.37. The molecule has 94 valence electrons. The Morgan fingerprint density at radius 2 is 1.67 bits per heavy atom. The van der Waals surface area contributed by atoms with Gasteiger partial charge < -0.3 is 15.2 Å². The summed E-state index contributed by atoms with van der Waals surface area (Å²) in [5.41, 5.74) is 6.43. The molecule has 0 unspecified atom stereocenters. The molecule has 2 N–H and O–H groups in total. The first-order valence-corrected chi connectivity index (χ1v) is 6.30. The van der Waals surface area contributed by atoms with Crippen LogP contribution in [0.2, 0.25) is 0 Å². The summed E-state index contributed by atoms with van der Waals surface area (Å²) >= 11 is 1.62. The molecule has 0 aliphatic carbocycles. The van der Waals surface area contributed by atoms with Gasteiger partial charge in [0.05, 0.1) is 24.8 Å². The van der Waals surface area contributed by atoms with E-state index in [-0.39, 0.29) is 0 Å². The minimum absolute atomic E-state index is 0.641. The van der Waals surface area contributed by atoms with Gasteiger partial charge in [-0.05, 0) is 30.3 Å². The maximum Gasteiger partial charge on any atom is 0.142 e. The molecule has 0 saturated heterocycles. The first-order valence-electron chi connectivity index (χ1n) is 5.49. The van der Waals surface area contributed by atoms with E-state index >= 15 is 0 Å². The largest absolute Gasteiger partial charge is 0.496 e. The van der Waals surface area contributed by atoms with Gasteiger partial charge in [-0.1, -0.05) is 23.9 Å². The second-order valence-electron chi connectivity index (χ2n) is 3.66. The van der Waals surface area contributed by atoms with Crippen LogP contribution in [0.5, 0.6) is 11.5 Å². The van der Waals surface area contributed by atoms with E-state index < -0.39 is 0 Å². The summed E-state index contributed by atoms with van der Waals surface area (Å²) < 4.78 is 10.5. The number of hydrogen-bond donors (Lipinski definition) is 1. The van der Waals surface area contributed by atoms with Crippen LogP contribution < -0.4 is 15.2 Å². The Morgan fingerprint density at radius 3 is 2.39 bits per heavy atom. The first-order chi connectivity index (χ1) is 8.74. The van der Waals surface area contributed by atoms with Crippen molar-refractivity contribution in [3.05, 3.63) is 42.5 Å². The molecule has 0 aliphatic heterocycles. The summed E-state index contributed by atoms with van der Waals surface area (Å²) in [6.07, 6.45) is 0. The molecule has 0 aliphatic rings. The van der Waals surface area contributed by atoms with Gasteiger partial charge in [0.2, 0.25) is 0 Å². The van der Waals surface area contributed by atoms with E-state index in [4.69, 9.17) is 15.2 Å². The first kappa shape index (κ1) is 12.6. The normalized spacial score (nSPS) is 10.1. The fourth-order valence-electron chi connectivity index (χ4n) is 1.59. The van der Waals surface area contributed by atoms with Gasteiger partial charge in [0.25, 0.3) is 0 Å². The summed E-state index contributed by atoms with van der Waals surface area (Å²) in [5.74, 6) is 1.55. The molecular formula is C14H15NO2S. The van der Waals surface area contributed by atoms with Crippen LogP contribution in [0.15, 0.2) is 52.3 Å². The Labute approximate surface area is 111 Å². The van der Waals surface area contributed by atoms with Crippen LogP contribution in [0.25, 0.3) is 0 Å². The van der Waals surface area contributed by atoms with Crippen LogP contribution in [0, 0.1) is 0 Å². The maximum atomic E-state index is 5.79. The lowest BCUT2D eigenvalue weighted by atomic mass is 10.3. The SMILES string of the molecule is COc1cc(Sc2ccccc2OC)ccc1N. The van der Waals surface area contributed by atoms with Crippen molar-refractivity contribution in [3.8, 4) is 11.5 Å². The van der Waals surface area contributed by atoms with Crippen molar-refractivity contribution in [1.29, 1.82) is 0 Å². The van der Waals surface area contributed by atoms with Crippen LogP contribution >= 0.6 is 11.8 Å². The summed E-state index contributed by atoms with van der Waals surface area (Å²) in [6.45, 7) is 0. The van der Waals surface area contributed by atoms with Crippen LogP contribution in [-0.2, 0) is 0 Å². The van der Waals surface area contributed by atoms with E-state index in [1.54, 1.807) is 26.0 Å². The highest BCUT2D eigenvalue weighted by atomic mass is 32.2. The number of rotatable bonds is 4. The second kappa shape index (κ2) is 5.69. The Kier molecular flexibility index (Phi) is 3.99. The van der Waals surface area contributed by atoms with Crippen LogP contribution in [0.4, 0.5) is 5.69 Å². The number of nitrogens with two attached hydrogens (primary N) is 1. The quantitative estimate of drug-likeness (QED) is 0.856. The minimum atomic E-state index is 0.641. The third-order valence-electron chi connectivity index (χ3n) is 2.50. The third kappa shape index (κ3) is 2.71. The van der Waals surface area contributed by atoms with Gasteiger partial charge in [0.1, 0.15) is 11.5 Å². The van der Waals surface area contributed by atoms with Crippen molar-refractivity contribution in [2.45, 2.75) is 9.79 Å². The minimum Gasteiger partial charge on any atom is -0.496 e. The number of benzene rings is 2. The summed E-state index contributed by atoms with van der Waals surface area (Å²) in [4.78, 5) is 2.12. The number of nitrogen functional groups attached to an aromatic ring is 1. The highest BCUT2D eigenvalue weighted by molar-refractivity contribution is 7.99. The molecule has 3 nitrogen and oxygen atoms in total. The topological polar surface area (TPSA) is 44.5 Å². The van der Waals surface area contributed by atoms with Crippen LogP contribution in [0.3, 0.4) is 0 Å². The predicted octanol–water partition coefficient (Wildman–Crippen LogP) is 3.44. The van der Waals surface area contributed by atoms with Gasteiger partial charge in [0, 0.05) is 4.90 Å². The van der Waals surface area contributed by atoms with Gasteiger partial charge >= 0.3 is 0 Å². The predicted molar refractivity (Wildman–Crippen MR) is 74.5 cm³/mol. The number of anilines is 1. The van der Waals surface area contributed by atoms with E-state index in [2.05, 4.69) is 0 Å². The second-order valence-corrected chi connectivity index (χ2v) is 4.77. The Balaban J connectivity index is 2.28. The molecule has 0 amide bonds. The van der Waals surface area contributed by atoms with E-state index in [0.717, 1.165) is 15.5 Å². The van der Waals surface area contributed by atoms with Crippen molar-refractivity contribution in [2.75, 3.05) is 20.0 Å². The van der Waals surface area contributed by atoms with Crippen LogP contribution in [-0.4, -0.2) is 14.2 Å². The number of ether oxygens (including phenoxy) is 2. The smallest absolute Gasteiger partial charge is 0.142 e. The molecule has 0 radical (unpaired) electrons. The average Bonchev–Trinajstić information content (AvgIpc) is 2.41. The third-order valence-corrected chi connectivity index (χ3v) is 3.55. The van der Waals surface area contributed by atoms with Crippen molar-refractivity contribution in [1.82, 2.24) is 0 Å². The van der Waals surface area contributed by atoms with Gasteiger partial charge in [0.15, 0.2) is 0 Å². The molecule has 4 heteroatoms. The molecule has 0 aromatic heterocycles. The molecule has 2 aromatic carbocycles. The summed E-state index contributed by atoms with van der Waals surface area (Å²) in [5, 5.41) is 0. The summed E-state index contributed by atoms with van der Waals surface area (Å²) in [7, 11) is 3.28. The zero-order chi connectivity index (χ0) is 13.0. The van der Waals surface area contributed by atoms with E-state index in [1.807, 2.05) is 42.5 Å². The van der Waals surface area contributed by atoms with E-state index in [9.17, 15) is 0 Å². The van der Waals surface area contributed by atoms with Gasteiger partial charge in [-0.25, -0.2) is 0 Å². The molecule has 0 heterocycles. The Morgan fingerprint density at radius 1 is 0.944 bits per heavy atom. The van der Waals surface area contributed by atoms with E-state index in [0.29, 0.717) is 11.4 Å².